The zero-order valence-electron chi connectivity index (χ0n) is 15.6. The Bertz CT molecular complexity index is 877. The van der Waals surface area contributed by atoms with E-state index in [0.717, 1.165) is 23.6 Å². The van der Waals surface area contributed by atoms with E-state index in [0.29, 0.717) is 21.3 Å². The number of amides is 1. The van der Waals surface area contributed by atoms with Crippen LogP contribution in [0.4, 0.5) is 11.5 Å². The Kier molecular flexibility index (Phi) is 4.52. The Hall–Kier alpha value is -1.78. The van der Waals surface area contributed by atoms with Gasteiger partial charge in [0.05, 0.1) is 21.9 Å². The van der Waals surface area contributed by atoms with Crippen molar-refractivity contribution in [3.05, 3.63) is 52.1 Å². The Labute approximate surface area is 175 Å². The molecule has 4 nitrogen and oxygen atoms in total. The number of anilines is 2. The molecule has 4 aliphatic rings. The van der Waals surface area contributed by atoms with E-state index in [2.05, 4.69) is 15.6 Å². The van der Waals surface area contributed by atoms with Crippen molar-refractivity contribution < 1.29 is 4.79 Å². The summed E-state index contributed by atoms with van der Waals surface area (Å²) < 4.78 is 0. The molecule has 4 saturated carbocycles. The molecule has 1 aromatic heterocycles. The third-order valence-corrected chi connectivity index (χ3v) is 7.37. The van der Waals surface area contributed by atoms with Gasteiger partial charge in [0.2, 0.25) is 0 Å². The van der Waals surface area contributed by atoms with Crippen molar-refractivity contribution in [3.63, 3.8) is 0 Å². The summed E-state index contributed by atoms with van der Waals surface area (Å²) in [5, 5.41) is 7.41. The number of nitrogens with zero attached hydrogens (tertiary/aromatic N) is 1. The van der Waals surface area contributed by atoms with Crippen molar-refractivity contribution in [2.75, 3.05) is 10.6 Å². The van der Waals surface area contributed by atoms with Crippen LogP contribution in [-0.2, 0) is 0 Å². The topological polar surface area (TPSA) is 54.0 Å². The molecule has 28 heavy (non-hydrogen) atoms. The van der Waals surface area contributed by atoms with E-state index in [-0.39, 0.29) is 11.4 Å². The van der Waals surface area contributed by atoms with Crippen molar-refractivity contribution >= 4 is 40.6 Å². The van der Waals surface area contributed by atoms with Gasteiger partial charge in [-0.3, -0.25) is 4.79 Å². The fourth-order valence-electron chi connectivity index (χ4n) is 5.92. The van der Waals surface area contributed by atoms with Gasteiger partial charge >= 0.3 is 0 Å². The summed E-state index contributed by atoms with van der Waals surface area (Å²) in [6.07, 6.45) is 9.80. The highest BCUT2D eigenvalue weighted by Gasteiger charge is 2.51. The average Bonchev–Trinajstić information content (AvgIpc) is 2.64. The third-order valence-electron chi connectivity index (χ3n) is 6.63. The maximum absolute atomic E-state index is 12.4. The van der Waals surface area contributed by atoms with Crippen LogP contribution in [-0.4, -0.2) is 16.4 Å². The fourth-order valence-corrected chi connectivity index (χ4v) is 6.22. The number of benzene rings is 1. The molecule has 4 fully saturated rings. The molecule has 146 valence electrons. The van der Waals surface area contributed by atoms with Gasteiger partial charge in [-0.25, -0.2) is 4.98 Å². The van der Waals surface area contributed by atoms with E-state index >= 15 is 0 Å². The highest BCUT2D eigenvalue weighted by atomic mass is 35.5. The van der Waals surface area contributed by atoms with Crippen LogP contribution in [0.1, 0.15) is 48.9 Å². The van der Waals surface area contributed by atoms with E-state index in [4.69, 9.17) is 23.2 Å². The maximum atomic E-state index is 12.4. The van der Waals surface area contributed by atoms with Crippen molar-refractivity contribution in [1.82, 2.24) is 4.98 Å². The number of carbonyl (C=O) groups excluding carboxylic acids is 1. The highest BCUT2D eigenvalue weighted by Crippen LogP contribution is 2.56. The van der Waals surface area contributed by atoms with Crippen LogP contribution in [0.2, 0.25) is 10.0 Å². The van der Waals surface area contributed by atoms with Crippen LogP contribution < -0.4 is 10.6 Å². The van der Waals surface area contributed by atoms with Crippen LogP contribution in [0.25, 0.3) is 0 Å². The van der Waals surface area contributed by atoms with Gasteiger partial charge in [-0.1, -0.05) is 23.2 Å². The van der Waals surface area contributed by atoms with Gasteiger partial charge in [-0.05, 0) is 86.6 Å². The molecule has 0 unspecified atom stereocenters. The largest absolute Gasteiger partial charge is 0.365 e. The van der Waals surface area contributed by atoms with Crippen molar-refractivity contribution in [2.45, 2.75) is 44.1 Å². The predicted octanol–water partition coefficient (Wildman–Crippen LogP) is 6.02. The highest BCUT2D eigenvalue weighted by molar-refractivity contribution is 6.42. The first kappa shape index (κ1) is 18.3. The Balaban J connectivity index is 1.26. The number of hydrogen-bond acceptors (Lipinski definition) is 3. The van der Waals surface area contributed by atoms with E-state index in [1.807, 2.05) is 12.1 Å². The van der Waals surface area contributed by atoms with Gasteiger partial charge in [0.15, 0.2) is 0 Å². The first-order valence-electron chi connectivity index (χ1n) is 9.99. The fraction of sp³-hybridized carbons (Fsp3) is 0.455. The molecule has 4 aliphatic carbocycles. The average molecular weight is 416 g/mol. The number of pyridine rings is 1. The van der Waals surface area contributed by atoms with Crippen LogP contribution in [0, 0.1) is 17.8 Å². The molecule has 0 spiro atoms. The minimum Gasteiger partial charge on any atom is -0.365 e. The number of halogens is 2. The molecular weight excluding hydrogens is 393 g/mol. The van der Waals surface area contributed by atoms with Gasteiger partial charge in [-0.15, -0.1) is 0 Å². The number of hydrogen-bond donors (Lipinski definition) is 2. The molecule has 2 aromatic rings. The first-order valence-corrected chi connectivity index (χ1v) is 10.7. The summed E-state index contributed by atoms with van der Waals surface area (Å²) in [4.78, 5) is 17.0. The molecule has 2 N–H and O–H groups in total. The van der Waals surface area contributed by atoms with Crippen molar-refractivity contribution in [2.24, 2.45) is 17.8 Å². The summed E-state index contributed by atoms with van der Waals surface area (Å²) >= 11 is 11.9. The van der Waals surface area contributed by atoms with Crippen LogP contribution in [0.3, 0.4) is 0 Å². The predicted molar refractivity (Wildman–Crippen MR) is 113 cm³/mol. The molecule has 0 atom stereocenters. The Morgan fingerprint density at radius 1 is 0.964 bits per heavy atom. The van der Waals surface area contributed by atoms with Crippen LogP contribution >= 0.6 is 23.2 Å². The van der Waals surface area contributed by atoms with E-state index in [1.54, 1.807) is 24.4 Å². The molecule has 0 saturated heterocycles. The monoisotopic (exact) mass is 415 g/mol. The Morgan fingerprint density at radius 3 is 2.21 bits per heavy atom. The molecule has 6 heteroatoms. The second-order valence-corrected chi connectivity index (χ2v) is 9.65. The summed E-state index contributed by atoms with van der Waals surface area (Å²) in [6.45, 7) is 0. The maximum Gasteiger partial charge on any atom is 0.255 e. The van der Waals surface area contributed by atoms with Crippen LogP contribution in [0.5, 0.6) is 0 Å². The third kappa shape index (κ3) is 3.48. The summed E-state index contributed by atoms with van der Waals surface area (Å²) in [6, 6.07) is 8.69. The normalized spacial score (nSPS) is 30.3. The van der Waals surface area contributed by atoms with E-state index in [9.17, 15) is 4.79 Å². The lowest BCUT2D eigenvalue weighted by molar-refractivity contribution is 0.0105. The molecule has 1 aromatic carbocycles. The van der Waals surface area contributed by atoms with Gasteiger partial charge in [0.25, 0.3) is 5.91 Å². The number of rotatable bonds is 4. The molecule has 1 amide bonds. The molecule has 6 rings (SSSR count). The quantitative estimate of drug-likeness (QED) is 0.641. The SMILES string of the molecule is O=C(Nc1ccc(NC23CC4CC(CC(C4)C2)C3)nc1)c1ccc(Cl)c(Cl)c1. The molecule has 4 bridgehead atoms. The zero-order chi connectivity index (χ0) is 19.3. The molecule has 1 heterocycles. The lowest BCUT2D eigenvalue weighted by Crippen LogP contribution is -2.54. The minimum absolute atomic E-state index is 0.229. The lowest BCUT2D eigenvalue weighted by Gasteiger charge is -2.57. The molecule has 0 aliphatic heterocycles. The standard InChI is InChI=1S/C22H23Cl2N3O/c23-18-3-1-16(8-19(18)24)21(28)26-17-2-4-20(25-12-17)27-22-9-13-5-14(10-22)7-15(6-13)11-22/h1-4,8,12-15H,5-7,9-11H2,(H,25,27)(H,26,28). The number of carbonyl (C=O) groups is 1. The summed E-state index contributed by atoms with van der Waals surface area (Å²) in [5.74, 6) is 3.34. The van der Waals surface area contributed by atoms with Gasteiger partial charge in [0.1, 0.15) is 5.82 Å². The van der Waals surface area contributed by atoms with Crippen LogP contribution in [0.15, 0.2) is 36.5 Å². The smallest absolute Gasteiger partial charge is 0.255 e. The van der Waals surface area contributed by atoms with Crippen molar-refractivity contribution in [3.8, 4) is 0 Å². The lowest BCUT2D eigenvalue weighted by atomic mass is 9.53. The Morgan fingerprint density at radius 2 is 1.64 bits per heavy atom. The van der Waals surface area contributed by atoms with Crippen molar-refractivity contribution in [1.29, 1.82) is 0 Å². The summed E-state index contributed by atoms with van der Waals surface area (Å²) in [7, 11) is 0. The second-order valence-electron chi connectivity index (χ2n) is 8.84. The first-order chi connectivity index (χ1) is 13.5. The summed E-state index contributed by atoms with van der Waals surface area (Å²) in [5.41, 5.74) is 1.35. The van der Waals surface area contributed by atoms with Gasteiger partial charge < -0.3 is 10.6 Å². The zero-order valence-corrected chi connectivity index (χ0v) is 17.1. The van der Waals surface area contributed by atoms with E-state index in [1.165, 1.54) is 38.5 Å². The van der Waals surface area contributed by atoms with Gasteiger partial charge in [0, 0.05) is 11.1 Å². The minimum atomic E-state index is -0.234. The molecule has 0 radical (unpaired) electrons. The molecular formula is C22H23Cl2N3O. The van der Waals surface area contributed by atoms with E-state index < -0.39 is 0 Å². The second kappa shape index (κ2) is 6.93. The van der Waals surface area contributed by atoms with Gasteiger partial charge in [-0.2, -0.15) is 0 Å². The number of aromatic nitrogens is 1. The number of nitrogens with one attached hydrogen (secondary N) is 2.